The lowest BCUT2D eigenvalue weighted by molar-refractivity contribution is 0.0514. The summed E-state index contributed by atoms with van der Waals surface area (Å²) >= 11 is 0. The van der Waals surface area contributed by atoms with Gasteiger partial charge in [-0.25, -0.2) is 4.79 Å². The minimum Gasteiger partial charge on any atom is -0.491 e. The minimum absolute atomic E-state index is 0.354. The summed E-state index contributed by atoms with van der Waals surface area (Å²) in [7, 11) is 0. The highest BCUT2D eigenvalue weighted by molar-refractivity contribution is 5.67. The summed E-state index contributed by atoms with van der Waals surface area (Å²) in [6.45, 7) is 17.5. The average molecular weight is 267 g/mol. The topological polar surface area (TPSA) is 47.6 Å². The fourth-order valence-electron chi connectivity index (χ4n) is 1.29. The Hall–Kier alpha value is -1.71. The maximum absolute atomic E-state index is 11.4. The third kappa shape index (κ3) is 8.08. The fraction of sp³-hybridized carbons (Fsp3) is 0.533. The molecule has 0 rings (SSSR count). The summed E-state index contributed by atoms with van der Waals surface area (Å²) < 4.78 is 10.7. The Labute approximate surface area is 116 Å². The predicted molar refractivity (Wildman–Crippen MR) is 77.9 cm³/mol. The smallest absolute Gasteiger partial charge is 0.407 e. The van der Waals surface area contributed by atoms with Crippen molar-refractivity contribution in [3.63, 3.8) is 0 Å². The lowest BCUT2D eigenvalue weighted by Crippen LogP contribution is -2.34. The predicted octanol–water partition coefficient (Wildman–Crippen LogP) is 3.56. The molecule has 108 valence electrons. The van der Waals surface area contributed by atoms with Gasteiger partial charge in [0.1, 0.15) is 18.0 Å². The van der Waals surface area contributed by atoms with Gasteiger partial charge in [0.25, 0.3) is 0 Å². The molecule has 0 fully saturated rings. The number of carbonyl (C=O) groups is 1. The van der Waals surface area contributed by atoms with Gasteiger partial charge in [0.2, 0.25) is 0 Å². The first-order valence-electron chi connectivity index (χ1n) is 6.26. The number of ether oxygens (including phenoxy) is 2. The summed E-state index contributed by atoms with van der Waals surface area (Å²) in [5.41, 5.74) is 1.26. The van der Waals surface area contributed by atoms with Crippen LogP contribution in [0.2, 0.25) is 0 Å². The Kier molecular flexibility index (Phi) is 6.98. The molecule has 0 aliphatic heterocycles. The zero-order valence-electron chi connectivity index (χ0n) is 12.6. The largest absolute Gasteiger partial charge is 0.491 e. The lowest BCUT2D eigenvalue weighted by Gasteiger charge is -2.20. The van der Waals surface area contributed by atoms with Crippen LogP contribution >= 0.6 is 0 Å². The molecule has 0 aliphatic carbocycles. The van der Waals surface area contributed by atoms with Gasteiger partial charge in [-0.05, 0) is 45.8 Å². The van der Waals surface area contributed by atoms with E-state index < -0.39 is 11.7 Å². The molecule has 0 aromatic heterocycles. The highest BCUT2D eigenvalue weighted by atomic mass is 16.6. The number of nitrogens with one attached hydrogen (secondary N) is 1. The van der Waals surface area contributed by atoms with Crippen LogP contribution in [0, 0.1) is 0 Å². The second kappa shape index (κ2) is 7.67. The molecular weight excluding hydrogens is 242 g/mol. The van der Waals surface area contributed by atoms with E-state index in [0.717, 1.165) is 11.1 Å². The molecule has 0 spiro atoms. The first kappa shape index (κ1) is 17.3. The molecule has 4 nitrogen and oxygen atoms in total. The van der Waals surface area contributed by atoms with Crippen molar-refractivity contribution in [3.8, 4) is 0 Å². The molecule has 0 unspecified atom stereocenters. The second-order valence-electron chi connectivity index (χ2n) is 5.27. The van der Waals surface area contributed by atoms with Gasteiger partial charge >= 0.3 is 6.09 Å². The van der Waals surface area contributed by atoms with Crippen LogP contribution in [0.15, 0.2) is 36.1 Å². The van der Waals surface area contributed by atoms with Gasteiger partial charge in [0, 0.05) is 0 Å². The van der Waals surface area contributed by atoms with E-state index in [1.54, 1.807) is 6.08 Å². The third-order valence-corrected chi connectivity index (χ3v) is 2.07. The standard InChI is InChI=1S/C15H25NO3/c1-8-12(4)13(11(2)3)18-10-9-16-14(17)19-15(5,6)7/h8H,1-2,9-10H2,3-7H3,(H,16,17)/b13-12+. The SMILES string of the molecule is C=C/C(C)=C(/OCCNC(=O)OC(C)(C)C)C(=C)C. The molecule has 0 aromatic carbocycles. The van der Waals surface area contributed by atoms with Gasteiger partial charge in [-0.15, -0.1) is 0 Å². The van der Waals surface area contributed by atoms with Gasteiger partial charge in [-0.3, -0.25) is 0 Å². The van der Waals surface area contributed by atoms with Gasteiger partial charge in [-0.2, -0.15) is 0 Å². The number of hydrogen-bond donors (Lipinski definition) is 1. The quantitative estimate of drug-likeness (QED) is 0.455. The maximum Gasteiger partial charge on any atom is 0.407 e. The molecule has 0 saturated carbocycles. The first-order valence-corrected chi connectivity index (χ1v) is 6.26. The third-order valence-electron chi connectivity index (χ3n) is 2.07. The van der Waals surface area contributed by atoms with Gasteiger partial charge < -0.3 is 14.8 Å². The van der Waals surface area contributed by atoms with E-state index in [1.165, 1.54) is 0 Å². The van der Waals surface area contributed by atoms with Crippen LogP contribution in [-0.2, 0) is 9.47 Å². The Morgan fingerprint density at radius 3 is 2.32 bits per heavy atom. The maximum atomic E-state index is 11.4. The summed E-state index contributed by atoms with van der Waals surface area (Å²) in [6.07, 6.45) is 1.27. The molecule has 1 amide bonds. The van der Waals surface area contributed by atoms with E-state index in [2.05, 4.69) is 18.5 Å². The molecule has 0 bridgehead atoms. The molecule has 0 heterocycles. The average Bonchev–Trinajstić information content (AvgIpc) is 2.25. The second-order valence-corrected chi connectivity index (χ2v) is 5.27. The lowest BCUT2D eigenvalue weighted by atomic mass is 10.2. The Morgan fingerprint density at radius 1 is 1.32 bits per heavy atom. The molecule has 0 aromatic rings. The van der Waals surface area contributed by atoms with Crippen molar-refractivity contribution in [2.24, 2.45) is 0 Å². The van der Waals surface area contributed by atoms with Crippen LogP contribution in [0.1, 0.15) is 34.6 Å². The normalized spacial score (nSPS) is 12.3. The van der Waals surface area contributed by atoms with Crippen molar-refractivity contribution in [3.05, 3.63) is 36.1 Å². The molecule has 0 aliphatic rings. The van der Waals surface area contributed by atoms with Crippen molar-refractivity contribution in [2.45, 2.75) is 40.2 Å². The molecule has 1 N–H and O–H groups in total. The highest BCUT2D eigenvalue weighted by Gasteiger charge is 2.15. The Morgan fingerprint density at radius 2 is 1.89 bits per heavy atom. The van der Waals surface area contributed by atoms with Crippen LogP contribution in [0.5, 0.6) is 0 Å². The fourth-order valence-corrected chi connectivity index (χ4v) is 1.29. The number of allylic oxidation sites excluding steroid dienone is 3. The van der Waals surface area contributed by atoms with E-state index in [4.69, 9.17) is 9.47 Å². The molecule has 0 atom stereocenters. The van der Waals surface area contributed by atoms with Crippen LogP contribution in [-0.4, -0.2) is 24.8 Å². The summed E-state index contributed by atoms with van der Waals surface area (Å²) in [5.74, 6) is 0.709. The molecule has 19 heavy (non-hydrogen) atoms. The molecule has 4 heteroatoms. The number of carbonyl (C=O) groups excluding carboxylic acids is 1. The summed E-state index contributed by atoms with van der Waals surface area (Å²) in [4.78, 5) is 11.4. The molecule has 0 saturated heterocycles. The van der Waals surface area contributed by atoms with E-state index >= 15 is 0 Å². The van der Waals surface area contributed by atoms with Crippen molar-refractivity contribution in [2.75, 3.05) is 13.2 Å². The van der Waals surface area contributed by atoms with E-state index in [9.17, 15) is 4.79 Å². The zero-order chi connectivity index (χ0) is 15.1. The van der Waals surface area contributed by atoms with Crippen molar-refractivity contribution in [1.29, 1.82) is 0 Å². The molecular formula is C15H25NO3. The summed E-state index contributed by atoms with van der Waals surface area (Å²) in [5, 5.41) is 2.63. The molecule has 0 radical (unpaired) electrons. The van der Waals surface area contributed by atoms with Crippen LogP contribution < -0.4 is 5.32 Å². The zero-order valence-corrected chi connectivity index (χ0v) is 12.6. The number of rotatable bonds is 6. The first-order chi connectivity index (χ1) is 8.67. The van der Waals surface area contributed by atoms with Crippen molar-refractivity contribution >= 4 is 6.09 Å². The minimum atomic E-state index is -0.493. The van der Waals surface area contributed by atoms with Crippen LogP contribution in [0.3, 0.4) is 0 Å². The summed E-state index contributed by atoms with van der Waals surface area (Å²) in [6, 6.07) is 0. The van der Waals surface area contributed by atoms with E-state index in [0.29, 0.717) is 18.9 Å². The van der Waals surface area contributed by atoms with Crippen LogP contribution in [0.25, 0.3) is 0 Å². The number of amides is 1. The van der Waals surface area contributed by atoms with E-state index in [1.807, 2.05) is 34.6 Å². The van der Waals surface area contributed by atoms with Gasteiger partial charge in [0.05, 0.1) is 6.54 Å². The Bertz CT molecular complexity index is 375. The van der Waals surface area contributed by atoms with E-state index in [-0.39, 0.29) is 0 Å². The van der Waals surface area contributed by atoms with Gasteiger partial charge in [0.15, 0.2) is 0 Å². The number of alkyl carbamates (subject to hydrolysis) is 1. The van der Waals surface area contributed by atoms with Gasteiger partial charge in [-0.1, -0.05) is 19.2 Å². The van der Waals surface area contributed by atoms with Crippen molar-refractivity contribution < 1.29 is 14.3 Å². The van der Waals surface area contributed by atoms with Crippen LogP contribution in [0.4, 0.5) is 4.79 Å². The highest BCUT2D eigenvalue weighted by Crippen LogP contribution is 2.14. The Balaban J connectivity index is 4.14. The van der Waals surface area contributed by atoms with Crippen molar-refractivity contribution in [1.82, 2.24) is 5.32 Å². The monoisotopic (exact) mass is 267 g/mol. The number of hydrogen-bond acceptors (Lipinski definition) is 3.